The number of nitrogens with zero attached hydrogens (tertiary/aromatic N) is 1. The van der Waals surface area contributed by atoms with Crippen LogP contribution in [0.3, 0.4) is 0 Å². The number of benzene rings is 2. The number of hydrogen-bond donors (Lipinski definition) is 2. The van der Waals surface area contributed by atoms with Gasteiger partial charge in [-0.2, -0.15) is 0 Å². The molecule has 0 aliphatic rings. The van der Waals surface area contributed by atoms with E-state index in [4.69, 9.17) is 16.3 Å². The average Bonchev–Trinajstić information content (AvgIpc) is 2.77. The van der Waals surface area contributed by atoms with Gasteiger partial charge in [0.05, 0.1) is 0 Å². The molecule has 0 aliphatic heterocycles. The zero-order valence-electron chi connectivity index (χ0n) is 10.7. The summed E-state index contributed by atoms with van der Waals surface area (Å²) in [5, 5.41) is 1.53. The Labute approximate surface area is 127 Å². The minimum absolute atomic E-state index is 0.571. The lowest BCUT2D eigenvalue weighted by Gasteiger charge is -2.05. The van der Waals surface area contributed by atoms with Gasteiger partial charge in [-0.25, -0.2) is 9.55 Å². The number of ether oxygens (including phenoxy) is 1. The summed E-state index contributed by atoms with van der Waals surface area (Å²) in [4.78, 5) is 3.24. The molecule has 0 saturated heterocycles. The van der Waals surface area contributed by atoms with Crippen LogP contribution < -0.4 is 9.30 Å². The summed E-state index contributed by atoms with van der Waals surface area (Å²) >= 11 is 10.3. The third-order valence-electron chi connectivity index (χ3n) is 3.09. The van der Waals surface area contributed by atoms with Crippen molar-refractivity contribution in [2.45, 2.75) is 11.7 Å². The highest BCUT2D eigenvalue weighted by molar-refractivity contribution is 7.80. The molecule has 0 amide bonds. The van der Waals surface area contributed by atoms with Crippen LogP contribution in [-0.2, 0) is 6.54 Å². The second-order valence-corrected chi connectivity index (χ2v) is 5.28. The maximum absolute atomic E-state index is 5.84. The first-order valence-corrected chi connectivity index (χ1v) is 7.14. The summed E-state index contributed by atoms with van der Waals surface area (Å²) in [5.41, 5.74) is 2.20. The molecule has 1 heterocycles. The highest BCUT2D eigenvalue weighted by atomic mass is 35.5. The maximum Gasteiger partial charge on any atom is 0.313 e. The second kappa shape index (κ2) is 5.77. The van der Waals surface area contributed by atoms with Crippen molar-refractivity contribution in [2.75, 3.05) is 6.61 Å². The monoisotopic (exact) mass is 305 g/mol. The van der Waals surface area contributed by atoms with Gasteiger partial charge in [-0.15, -0.1) is 0 Å². The normalized spacial score (nSPS) is 10.9. The summed E-state index contributed by atoms with van der Waals surface area (Å²) in [6, 6.07) is 15.5. The molecule has 3 rings (SSSR count). The second-order valence-electron chi connectivity index (χ2n) is 4.42. The third-order valence-corrected chi connectivity index (χ3v) is 3.70. The predicted molar refractivity (Wildman–Crippen MR) is 82.7 cm³/mol. The average molecular weight is 306 g/mol. The van der Waals surface area contributed by atoms with Crippen molar-refractivity contribution in [2.24, 2.45) is 0 Å². The molecule has 0 bridgehead atoms. The summed E-state index contributed by atoms with van der Waals surface area (Å²) in [6.45, 7) is 1.30. The Morgan fingerprint density at radius 2 is 1.85 bits per heavy atom. The number of aromatic amines is 1. The van der Waals surface area contributed by atoms with Gasteiger partial charge in [-0.1, -0.05) is 36.4 Å². The molecule has 0 unspecified atom stereocenters. The standard InChI is InChI=1S/C15H13ClN2OS/c16-11-5-7-12(8-6-11)19-10-9-18-14-4-2-1-3-13(14)17-15(18)20/h1-8H,9-10H2,(H,17,20)/p+1. The summed E-state index contributed by atoms with van der Waals surface area (Å²) in [5.74, 6) is 0.815. The van der Waals surface area contributed by atoms with Gasteiger partial charge < -0.3 is 4.74 Å². The molecule has 0 spiro atoms. The Morgan fingerprint density at radius 1 is 1.10 bits per heavy atom. The number of fused-ring (bicyclic) bond motifs is 1. The number of imidazole rings is 1. The van der Waals surface area contributed by atoms with Crippen molar-refractivity contribution in [1.82, 2.24) is 4.98 Å². The smallest absolute Gasteiger partial charge is 0.313 e. The van der Waals surface area contributed by atoms with Crippen molar-refractivity contribution < 1.29 is 9.30 Å². The van der Waals surface area contributed by atoms with Crippen molar-refractivity contribution >= 4 is 35.3 Å². The van der Waals surface area contributed by atoms with Crippen LogP contribution in [0.2, 0.25) is 5.02 Å². The molecule has 20 heavy (non-hydrogen) atoms. The first kappa shape index (κ1) is 13.3. The van der Waals surface area contributed by atoms with Crippen LogP contribution in [0.4, 0.5) is 0 Å². The Bertz CT molecular complexity index is 724. The molecule has 0 fully saturated rings. The lowest BCUT2D eigenvalue weighted by molar-refractivity contribution is -0.708. The van der Waals surface area contributed by atoms with E-state index in [0.717, 1.165) is 28.5 Å². The van der Waals surface area contributed by atoms with E-state index < -0.39 is 0 Å². The molecular weight excluding hydrogens is 292 g/mol. The molecule has 1 N–H and O–H groups in total. The van der Waals surface area contributed by atoms with Crippen LogP contribution in [0.25, 0.3) is 11.0 Å². The van der Waals surface area contributed by atoms with Crippen LogP contribution in [0.5, 0.6) is 5.75 Å². The number of para-hydroxylation sites is 2. The quantitative estimate of drug-likeness (QED) is 0.561. The number of rotatable bonds is 4. The first-order chi connectivity index (χ1) is 9.74. The van der Waals surface area contributed by atoms with Crippen molar-refractivity contribution in [3.05, 3.63) is 53.6 Å². The Kier molecular flexibility index (Phi) is 3.85. The number of thiol groups is 1. The molecule has 2 aromatic carbocycles. The van der Waals surface area contributed by atoms with E-state index in [1.165, 1.54) is 0 Å². The lowest BCUT2D eigenvalue weighted by Crippen LogP contribution is -2.37. The van der Waals surface area contributed by atoms with Gasteiger partial charge in [-0.05, 0) is 36.4 Å². The van der Waals surface area contributed by atoms with E-state index in [1.807, 2.05) is 42.5 Å². The van der Waals surface area contributed by atoms with Gasteiger partial charge >= 0.3 is 5.16 Å². The van der Waals surface area contributed by atoms with Gasteiger partial charge in [0.25, 0.3) is 0 Å². The fraction of sp³-hybridized carbons (Fsp3) is 0.133. The molecule has 5 heteroatoms. The van der Waals surface area contributed by atoms with Crippen molar-refractivity contribution in [3.63, 3.8) is 0 Å². The van der Waals surface area contributed by atoms with Gasteiger partial charge in [0.15, 0.2) is 11.0 Å². The molecule has 0 saturated carbocycles. The summed E-state index contributed by atoms with van der Waals surface area (Å²) in [6.07, 6.45) is 0. The molecular formula is C15H14ClN2OS+. The van der Waals surface area contributed by atoms with Gasteiger partial charge in [0.1, 0.15) is 18.9 Å². The number of H-pyrrole nitrogens is 1. The van der Waals surface area contributed by atoms with Gasteiger partial charge in [0.2, 0.25) is 0 Å². The Hall–Kier alpha value is -1.65. The fourth-order valence-electron chi connectivity index (χ4n) is 2.13. The number of nitrogens with one attached hydrogen (secondary N) is 1. The zero-order valence-corrected chi connectivity index (χ0v) is 12.4. The zero-order chi connectivity index (χ0) is 13.9. The summed E-state index contributed by atoms with van der Waals surface area (Å²) in [7, 11) is 0. The molecule has 3 nitrogen and oxygen atoms in total. The molecule has 0 aliphatic carbocycles. The van der Waals surface area contributed by atoms with Gasteiger partial charge in [0, 0.05) is 5.02 Å². The molecule has 3 aromatic rings. The van der Waals surface area contributed by atoms with E-state index in [9.17, 15) is 0 Å². The minimum atomic E-state index is 0.571. The topological polar surface area (TPSA) is 28.9 Å². The van der Waals surface area contributed by atoms with Gasteiger partial charge in [-0.3, -0.25) is 0 Å². The highest BCUT2D eigenvalue weighted by Crippen LogP contribution is 2.15. The third kappa shape index (κ3) is 2.76. The predicted octanol–water partition coefficient (Wildman–Crippen LogP) is 3.48. The van der Waals surface area contributed by atoms with E-state index in [-0.39, 0.29) is 0 Å². The number of halogens is 1. The van der Waals surface area contributed by atoms with E-state index in [0.29, 0.717) is 11.6 Å². The van der Waals surface area contributed by atoms with Crippen LogP contribution in [0.15, 0.2) is 53.7 Å². The van der Waals surface area contributed by atoms with Crippen molar-refractivity contribution in [3.8, 4) is 5.75 Å². The largest absolute Gasteiger partial charge is 0.489 e. The van der Waals surface area contributed by atoms with E-state index >= 15 is 0 Å². The van der Waals surface area contributed by atoms with E-state index in [1.54, 1.807) is 0 Å². The van der Waals surface area contributed by atoms with Crippen LogP contribution in [0, 0.1) is 0 Å². The van der Waals surface area contributed by atoms with Crippen LogP contribution >= 0.6 is 24.2 Å². The lowest BCUT2D eigenvalue weighted by atomic mass is 10.3. The molecule has 0 radical (unpaired) electrons. The summed E-state index contributed by atoms with van der Waals surface area (Å²) < 4.78 is 7.80. The van der Waals surface area contributed by atoms with Crippen molar-refractivity contribution in [1.29, 1.82) is 0 Å². The Balaban J connectivity index is 1.71. The highest BCUT2D eigenvalue weighted by Gasteiger charge is 2.14. The van der Waals surface area contributed by atoms with Crippen LogP contribution in [0.1, 0.15) is 0 Å². The molecule has 102 valence electrons. The Morgan fingerprint density at radius 3 is 2.65 bits per heavy atom. The van der Waals surface area contributed by atoms with E-state index in [2.05, 4.69) is 28.2 Å². The van der Waals surface area contributed by atoms with Crippen LogP contribution in [-0.4, -0.2) is 11.6 Å². The first-order valence-electron chi connectivity index (χ1n) is 6.32. The molecule has 0 atom stereocenters. The fourth-order valence-corrected chi connectivity index (χ4v) is 2.58. The maximum atomic E-state index is 5.84. The SMILES string of the molecule is Sc1[nH]c2ccccc2[n+]1CCOc1ccc(Cl)cc1. The molecule has 1 aromatic heterocycles. The number of aromatic nitrogens is 2. The minimum Gasteiger partial charge on any atom is -0.489 e. The number of hydrogen-bond acceptors (Lipinski definition) is 2.